The molecule has 4 heterocycles. The first-order valence-corrected chi connectivity index (χ1v) is 11.0. The van der Waals surface area contributed by atoms with E-state index in [-0.39, 0.29) is 6.04 Å². The van der Waals surface area contributed by atoms with Crippen molar-refractivity contribution < 1.29 is 9.13 Å². The number of nitrogens with one attached hydrogen (secondary N) is 2. The molecule has 31 heavy (non-hydrogen) atoms. The third-order valence-corrected chi connectivity index (χ3v) is 7.24. The largest absolute Gasteiger partial charge is 0.495 e. The Labute approximate surface area is 179 Å². The van der Waals surface area contributed by atoms with Crippen LogP contribution >= 0.6 is 0 Å². The molecule has 9 heteroatoms. The van der Waals surface area contributed by atoms with Crippen molar-refractivity contribution in [1.82, 2.24) is 29.9 Å². The first kappa shape index (κ1) is 18.9. The maximum Gasteiger partial charge on any atom is 0.223 e. The summed E-state index contributed by atoms with van der Waals surface area (Å²) in [5.74, 6) is 1.63. The first-order valence-electron chi connectivity index (χ1n) is 11.0. The van der Waals surface area contributed by atoms with Crippen molar-refractivity contribution >= 4 is 11.6 Å². The van der Waals surface area contributed by atoms with E-state index in [9.17, 15) is 4.39 Å². The fourth-order valence-corrected chi connectivity index (χ4v) is 5.32. The van der Waals surface area contributed by atoms with Crippen LogP contribution in [0.5, 0.6) is 5.75 Å². The molecule has 0 aromatic carbocycles. The molecule has 8 nitrogen and oxygen atoms in total. The smallest absolute Gasteiger partial charge is 0.223 e. The molecule has 3 aromatic heterocycles. The maximum absolute atomic E-state index is 14.0. The molecule has 0 amide bonds. The molecule has 1 saturated heterocycles. The number of alkyl halides is 1. The van der Waals surface area contributed by atoms with Crippen LogP contribution in [0.25, 0.3) is 17.0 Å². The van der Waals surface area contributed by atoms with Crippen LogP contribution in [0.1, 0.15) is 43.7 Å². The van der Waals surface area contributed by atoms with Gasteiger partial charge in [-0.3, -0.25) is 0 Å². The van der Waals surface area contributed by atoms with Gasteiger partial charge in [-0.05, 0) is 37.2 Å². The van der Waals surface area contributed by atoms with Gasteiger partial charge in [0.2, 0.25) is 5.95 Å². The van der Waals surface area contributed by atoms with E-state index in [4.69, 9.17) is 9.84 Å². The minimum atomic E-state index is -0.957. The Morgan fingerprint density at radius 2 is 2.13 bits per heavy atom. The van der Waals surface area contributed by atoms with E-state index in [1.807, 2.05) is 16.6 Å². The van der Waals surface area contributed by atoms with Crippen LogP contribution in [-0.4, -0.2) is 57.0 Å². The number of anilines is 1. The molecule has 162 valence electrons. The van der Waals surface area contributed by atoms with E-state index in [1.54, 1.807) is 19.5 Å². The van der Waals surface area contributed by atoms with Crippen LogP contribution in [0.3, 0.4) is 0 Å². The number of imidazole rings is 1. The maximum atomic E-state index is 14.0. The number of rotatable bonds is 5. The van der Waals surface area contributed by atoms with Gasteiger partial charge in [0, 0.05) is 31.3 Å². The zero-order chi connectivity index (χ0) is 21.0. The summed E-state index contributed by atoms with van der Waals surface area (Å²) >= 11 is 0. The Hall–Kier alpha value is -2.81. The monoisotopic (exact) mass is 423 g/mol. The molecule has 0 radical (unpaired) electrons. The van der Waals surface area contributed by atoms with Crippen molar-refractivity contribution in [2.24, 2.45) is 5.41 Å². The minimum Gasteiger partial charge on any atom is -0.495 e. The van der Waals surface area contributed by atoms with Crippen molar-refractivity contribution in [1.29, 1.82) is 0 Å². The second-order valence-corrected chi connectivity index (χ2v) is 9.16. The second kappa shape index (κ2) is 7.12. The van der Waals surface area contributed by atoms with E-state index >= 15 is 0 Å². The van der Waals surface area contributed by atoms with Gasteiger partial charge in [0.25, 0.3) is 0 Å². The van der Waals surface area contributed by atoms with Crippen LogP contribution in [0.15, 0.2) is 24.5 Å². The highest BCUT2D eigenvalue weighted by Gasteiger charge is 2.49. The second-order valence-electron chi connectivity index (χ2n) is 9.16. The van der Waals surface area contributed by atoms with Crippen LogP contribution in [0.2, 0.25) is 0 Å². The molecule has 3 aromatic rings. The summed E-state index contributed by atoms with van der Waals surface area (Å²) in [5, 5.41) is 11.1. The van der Waals surface area contributed by atoms with E-state index < -0.39 is 6.17 Å². The van der Waals surface area contributed by atoms with Gasteiger partial charge < -0.3 is 15.4 Å². The lowest BCUT2D eigenvalue weighted by Gasteiger charge is -2.54. The van der Waals surface area contributed by atoms with E-state index in [1.165, 1.54) is 32.1 Å². The number of hydrogen-bond acceptors (Lipinski definition) is 7. The summed E-state index contributed by atoms with van der Waals surface area (Å²) in [5.41, 5.74) is 3.74. The van der Waals surface area contributed by atoms with Crippen LogP contribution in [-0.2, 0) is 0 Å². The standard InChI is InChI=1S/C22H26FN7O/c1-31-18-7-19-26-12-17(30(19)29-20(18)13-8-22(9-13)4-2-5-22)15-3-6-25-21(27-15)28-16-11-24-10-14(16)23/h3,6-7,12-14,16,24H,2,4-5,8-11H2,1H3,(H,25,27,28). The number of ether oxygens (including phenoxy) is 1. The summed E-state index contributed by atoms with van der Waals surface area (Å²) < 4.78 is 21.4. The lowest BCUT2D eigenvalue weighted by molar-refractivity contribution is 0.00648. The fourth-order valence-electron chi connectivity index (χ4n) is 5.32. The number of methoxy groups -OCH3 is 1. The van der Waals surface area contributed by atoms with E-state index in [2.05, 4.69) is 25.6 Å². The summed E-state index contributed by atoms with van der Waals surface area (Å²) in [6.45, 7) is 0.902. The third kappa shape index (κ3) is 3.13. The van der Waals surface area contributed by atoms with Crippen LogP contribution in [0.4, 0.5) is 10.3 Å². The van der Waals surface area contributed by atoms with Gasteiger partial charge >= 0.3 is 0 Å². The molecule has 3 aliphatic rings. The predicted molar refractivity (Wildman–Crippen MR) is 114 cm³/mol. The number of fused-ring (bicyclic) bond motifs is 1. The molecular formula is C22H26FN7O. The van der Waals surface area contributed by atoms with Gasteiger partial charge in [0.15, 0.2) is 5.65 Å². The van der Waals surface area contributed by atoms with Gasteiger partial charge in [-0.25, -0.2) is 23.9 Å². The fraction of sp³-hybridized carbons (Fsp3) is 0.545. The lowest BCUT2D eigenvalue weighted by atomic mass is 9.51. The third-order valence-electron chi connectivity index (χ3n) is 7.24. The molecule has 2 unspecified atom stereocenters. The van der Waals surface area contributed by atoms with Crippen molar-refractivity contribution in [2.45, 2.75) is 50.2 Å². The van der Waals surface area contributed by atoms with Gasteiger partial charge in [-0.15, -0.1) is 0 Å². The molecule has 1 spiro atoms. The summed E-state index contributed by atoms with van der Waals surface area (Å²) in [6, 6.07) is 3.45. The molecular weight excluding hydrogens is 397 g/mol. The Balaban J connectivity index is 1.33. The summed E-state index contributed by atoms with van der Waals surface area (Å²) in [4.78, 5) is 13.4. The molecule has 2 N–H and O–H groups in total. The lowest BCUT2D eigenvalue weighted by Crippen LogP contribution is -2.41. The number of hydrogen-bond donors (Lipinski definition) is 2. The average Bonchev–Trinajstić information content (AvgIpc) is 3.31. The van der Waals surface area contributed by atoms with Crippen LogP contribution in [0, 0.1) is 5.41 Å². The topological polar surface area (TPSA) is 89.3 Å². The van der Waals surface area contributed by atoms with Gasteiger partial charge in [-0.2, -0.15) is 5.10 Å². The van der Waals surface area contributed by atoms with Crippen molar-refractivity contribution in [3.05, 3.63) is 30.2 Å². The Morgan fingerprint density at radius 1 is 1.26 bits per heavy atom. The Bertz CT molecular complexity index is 1120. The normalized spacial score (nSPS) is 24.8. The quantitative estimate of drug-likeness (QED) is 0.652. The molecule has 1 aliphatic heterocycles. The van der Waals surface area contributed by atoms with Crippen molar-refractivity contribution in [3.63, 3.8) is 0 Å². The summed E-state index contributed by atoms with van der Waals surface area (Å²) in [7, 11) is 1.69. The van der Waals surface area contributed by atoms with Crippen molar-refractivity contribution in [3.8, 4) is 17.1 Å². The van der Waals surface area contributed by atoms with Crippen LogP contribution < -0.4 is 15.4 Å². The van der Waals surface area contributed by atoms with Crippen molar-refractivity contribution in [2.75, 3.05) is 25.5 Å². The van der Waals surface area contributed by atoms with E-state index in [0.717, 1.165) is 17.1 Å². The molecule has 2 aliphatic carbocycles. The average molecular weight is 423 g/mol. The highest BCUT2D eigenvalue weighted by molar-refractivity contribution is 5.61. The number of nitrogens with zero attached hydrogens (tertiary/aromatic N) is 5. The zero-order valence-corrected chi connectivity index (χ0v) is 17.5. The SMILES string of the molecule is COc1cc2ncc(-c3ccnc(NC4CNCC4F)n3)n2nc1C1CC2(CCC2)C1. The molecule has 0 bridgehead atoms. The zero-order valence-electron chi connectivity index (χ0n) is 17.5. The predicted octanol–water partition coefficient (Wildman–Crippen LogP) is 2.96. The number of aromatic nitrogens is 5. The molecule has 2 saturated carbocycles. The van der Waals surface area contributed by atoms with E-state index in [0.29, 0.717) is 41.7 Å². The highest BCUT2D eigenvalue weighted by Crippen LogP contribution is 2.62. The molecule has 2 atom stereocenters. The molecule has 3 fully saturated rings. The highest BCUT2D eigenvalue weighted by atomic mass is 19.1. The Morgan fingerprint density at radius 3 is 2.84 bits per heavy atom. The van der Waals surface area contributed by atoms with Gasteiger partial charge in [0.05, 0.1) is 25.0 Å². The van der Waals surface area contributed by atoms with Gasteiger partial charge in [-0.1, -0.05) is 6.42 Å². The molecule has 6 rings (SSSR count). The summed E-state index contributed by atoms with van der Waals surface area (Å²) in [6.07, 6.45) is 8.90. The first-order chi connectivity index (χ1) is 15.1. The number of halogens is 1. The van der Waals surface area contributed by atoms with Gasteiger partial charge in [0.1, 0.15) is 23.3 Å². The Kier molecular flexibility index (Phi) is 4.34. The minimum absolute atomic E-state index is 0.330.